The second-order valence-electron chi connectivity index (χ2n) is 9.10. The molecule has 0 saturated carbocycles. The molecule has 1 rings (SSSR count). The third-order valence-corrected chi connectivity index (χ3v) is 10.0. The number of carbonyl (C=O) groups excluding carboxylic acids is 1. The van der Waals surface area contributed by atoms with Gasteiger partial charge in [0.1, 0.15) is 18.2 Å². The van der Waals surface area contributed by atoms with E-state index in [-0.39, 0.29) is 38.8 Å². The zero-order chi connectivity index (χ0) is 23.7. The van der Waals surface area contributed by atoms with Crippen molar-refractivity contribution in [3.63, 3.8) is 0 Å². The van der Waals surface area contributed by atoms with Crippen LogP contribution in [0.2, 0.25) is 10.1 Å². The van der Waals surface area contributed by atoms with Gasteiger partial charge in [-0.05, 0) is 15.6 Å². The normalized spacial score (nSPS) is 12.3. The summed E-state index contributed by atoms with van der Waals surface area (Å²) < 4.78 is 32.5. The Balaban J connectivity index is 2.79. The van der Waals surface area contributed by atoms with Crippen LogP contribution >= 0.6 is 0 Å². The van der Waals surface area contributed by atoms with Crippen LogP contribution in [0.4, 0.5) is 9.93 Å². The molecule has 0 spiro atoms. The van der Waals surface area contributed by atoms with Crippen LogP contribution in [0.25, 0.3) is 10.4 Å². The first-order valence-electron chi connectivity index (χ1n) is 10.1. The number of nitrogens with one attached hydrogen (secondary N) is 1. The number of anilines is 1. The average Bonchev–Trinajstić information content (AvgIpc) is 2.67. The van der Waals surface area contributed by atoms with Crippen LogP contribution in [0.15, 0.2) is 17.4 Å². The summed E-state index contributed by atoms with van der Waals surface area (Å²) in [6, 6.07) is 1.55. The molecule has 31 heavy (non-hydrogen) atoms. The van der Waals surface area contributed by atoms with Crippen LogP contribution in [0.5, 0.6) is 5.75 Å². The molecule has 0 aliphatic rings. The lowest BCUT2D eigenvalue weighted by atomic mass is 10.2. The fraction of sp³-hybridized carbons (Fsp3) is 0.700. The fourth-order valence-corrected chi connectivity index (χ4v) is 8.20. The molecule has 0 aliphatic carbocycles. The Morgan fingerprint density at radius 3 is 2.35 bits per heavy atom. The first kappa shape index (κ1) is 26.8. The molecular weight excluding hydrogens is 421 g/mol. The molecule has 0 aliphatic heterocycles. The number of amides is 1. The Hall–Kier alpha value is -2.20. The van der Waals surface area contributed by atoms with Crippen LogP contribution < -0.4 is 15.2 Å². The molecule has 0 aromatic carbocycles. The van der Waals surface area contributed by atoms with Gasteiger partial charge in [0, 0.05) is 28.9 Å². The molecule has 1 aromatic heterocycles. The Kier molecular flexibility index (Phi) is 9.89. The van der Waals surface area contributed by atoms with E-state index in [1.54, 1.807) is 6.07 Å². The summed E-state index contributed by atoms with van der Waals surface area (Å²) in [6.45, 7) is 12.2. The maximum Gasteiger partial charge on any atom is 0.293 e. The number of azide groups is 1. The lowest BCUT2D eigenvalue weighted by molar-refractivity contribution is -0.121. The van der Waals surface area contributed by atoms with Crippen molar-refractivity contribution in [3.05, 3.63) is 22.7 Å². The van der Waals surface area contributed by atoms with E-state index in [1.807, 2.05) is 41.5 Å². The summed E-state index contributed by atoms with van der Waals surface area (Å²) >= 11 is 0. The molecule has 0 bridgehead atoms. The molecule has 0 unspecified atom stereocenters. The van der Waals surface area contributed by atoms with Crippen molar-refractivity contribution < 1.29 is 23.1 Å². The predicted octanol–water partition coefficient (Wildman–Crippen LogP) is 4.09. The molecule has 1 N–H and O–H groups in total. The molecule has 1 aromatic rings. The molecule has 9 nitrogen and oxygen atoms in total. The average molecular weight is 456 g/mol. The van der Waals surface area contributed by atoms with E-state index in [1.165, 1.54) is 13.3 Å². The second kappa shape index (κ2) is 11.4. The van der Waals surface area contributed by atoms with Gasteiger partial charge >= 0.3 is 0 Å². The van der Waals surface area contributed by atoms with Gasteiger partial charge in [-0.1, -0.05) is 46.7 Å². The minimum atomic E-state index is -3.56. The number of nitrogens with zero attached hydrogens (tertiary/aromatic N) is 4. The van der Waals surface area contributed by atoms with Crippen molar-refractivity contribution in [2.75, 3.05) is 45.4 Å². The summed E-state index contributed by atoms with van der Waals surface area (Å²) in [7, 11) is -2.08. The molecule has 0 atom stereocenters. The SMILES string of the molecule is COc1cc(NC(=O)COCCOCCN=[N+]=[N-])ncc1[Si](F)(C(C)(C)C)C(C)(C)C. The van der Waals surface area contributed by atoms with Crippen molar-refractivity contribution in [1.82, 2.24) is 4.98 Å². The Labute approximate surface area is 184 Å². The van der Waals surface area contributed by atoms with Crippen molar-refractivity contribution in [2.45, 2.75) is 51.6 Å². The Bertz CT molecular complexity index is 775. The second-order valence-corrected chi connectivity index (χ2v) is 14.0. The van der Waals surface area contributed by atoms with E-state index in [4.69, 9.17) is 19.7 Å². The number of aromatic nitrogens is 1. The van der Waals surface area contributed by atoms with Gasteiger partial charge in [-0.15, -0.1) is 0 Å². The van der Waals surface area contributed by atoms with E-state index in [2.05, 4.69) is 20.3 Å². The van der Waals surface area contributed by atoms with E-state index in [0.29, 0.717) is 10.9 Å². The highest BCUT2D eigenvalue weighted by molar-refractivity contribution is 6.91. The lowest BCUT2D eigenvalue weighted by Crippen LogP contribution is -2.58. The maximum absolute atomic E-state index is 16.6. The van der Waals surface area contributed by atoms with Gasteiger partial charge < -0.3 is 23.6 Å². The molecule has 11 heteroatoms. The summed E-state index contributed by atoms with van der Waals surface area (Å²) in [4.78, 5) is 19.0. The van der Waals surface area contributed by atoms with Crippen LogP contribution in [-0.2, 0) is 14.3 Å². The lowest BCUT2D eigenvalue weighted by Gasteiger charge is -2.45. The number of pyridine rings is 1. The Morgan fingerprint density at radius 2 is 1.81 bits per heavy atom. The highest BCUT2D eigenvalue weighted by Gasteiger charge is 2.58. The van der Waals surface area contributed by atoms with E-state index in [9.17, 15) is 4.79 Å². The van der Waals surface area contributed by atoms with Crippen LogP contribution in [0.3, 0.4) is 0 Å². The zero-order valence-corrected chi connectivity index (χ0v) is 20.5. The monoisotopic (exact) mass is 455 g/mol. The number of halogens is 1. The van der Waals surface area contributed by atoms with Gasteiger partial charge in [0.05, 0.1) is 26.9 Å². The molecule has 1 heterocycles. The number of carbonyl (C=O) groups is 1. The van der Waals surface area contributed by atoms with Crippen molar-refractivity contribution >= 4 is 25.3 Å². The van der Waals surface area contributed by atoms with Gasteiger partial charge in [0.15, 0.2) is 0 Å². The van der Waals surface area contributed by atoms with Gasteiger partial charge in [-0.2, -0.15) is 0 Å². The van der Waals surface area contributed by atoms with Crippen molar-refractivity contribution in [3.8, 4) is 5.75 Å². The van der Waals surface area contributed by atoms with Gasteiger partial charge in [0.2, 0.25) is 0 Å². The minimum Gasteiger partial charge on any atom is -0.497 e. The van der Waals surface area contributed by atoms with Crippen LogP contribution in [0, 0.1) is 0 Å². The third-order valence-electron chi connectivity index (χ3n) is 4.80. The maximum atomic E-state index is 16.6. The number of methoxy groups -OCH3 is 1. The van der Waals surface area contributed by atoms with Gasteiger partial charge in [0.25, 0.3) is 14.3 Å². The standard InChI is InChI=1S/C20H34FN5O4Si/c1-19(2,3)31(21,20(4,5)6)16-13-23-17(12-15(16)28-7)25-18(27)14-30-11-10-29-9-8-24-26-22/h12-13H,8-11,14H2,1-7H3,(H,23,25,27). The highest BCUT2D eigenvalue weighted by Crippen LogP contribution is 2.52. The Morgan fingerprint density at radius 1 is 1.19 bits per heavy atom. The summed E-state index contributed by atoms with van der Waals surface area (Å²) in [5, 5.41) is 5.28. The highest BCUT2D eigenvalue weighted by atomic mass is 28.4. The van der Waals surface area contributed by atoms with Crippen molar-refractivity contribution in [2.24, 2.45) is 5.11 Å². The van der Waals surface area contributed by atoms with Crippen LogP contribution in [0.1, 0.15) is 41.5 Å². The molecule has 0 fully saturated rings. The molecular formula is C20H34FN5O4Si. The van der Waals surface area contributed by atoms with E-state index >= 15 is 4.11 Å². The molecule has 1 amide bonds. The smallest absolute Gasteiger partial charge is 0.293 e. The zero-order valence-electron chi connectivity index (χ0n) is 19.5. The predicted molar refractivity (Wildman–Crippen MR) is 121 cm³/mol. The summed E-state index contributed by atoms with van der Waals surface area (Å²) in [6.07, 6.45) is 1.48. The third kappa shape index (κ3) is 7.17. The number of rotatable bonds is 11. The fourth-order valence-electron chi connectivity index (χ4n) is 3.58. The molecule has 0 saturated heterocycles. The number of hydrogen-bond donors (Lipinski definition) is 1. The topological polar surface area (TPSA) is 118 Å². The molecule has 174 valence electrons. The van der Waals surface area contributed by atoms with E-state index in [0.717, 1.165) is 0 Å². The van der Waals surface area contributed by atoms with Crippen LogP contribution in [-0.4, -0.2) is 59.4 Å². The first-order chi connectivity index (χ1) is 14.4. The summed E-state index contributed by atoms with van der Waals surface area (Å²) in [5.41, 5.74) is 8.15. The first-order valence-corrected chi connectivity index (χ1v) is 12.0. The molecule has 0 radical (unpaired) electrons. The van der Waals surface area contributed by atoms with Gasteiger partial charge in [-0.25, -0.2) is 4.98 Å². The summed E-state index contributed by atoms with van der Waals surface area (Å²) in [5.74, 6) is 0.240. The largest absolute Gasteiger partial charge is 0.497 e. The minimum absolute atomic E-state index is 0.183. The van der Waals surface area contributed by atoms with Gasteiger partial charge in [-0.3, -0.25) is 4.79 Å². The van der Waals surface area contributed by atoms with E-state index < -0.39 is 24.4 Å². The number of hydrogen-bond acceptors (Lipinski definition) is 6. The quantitative estimate of drug-likeness (QED) is 0.135. The van der Waals surface area contributed by atoms with Crippen molar-refractivity contribution in [1.29, 1.82) is 0 Å². The number of ether oxygens (including phenoxy) is 3.